The van der Waals surface area contributed by atoms with Crippen LogP contribution in [0.1, 0.15) is 21.5 Å². The van der Waals surface area contributed by atoms with Gasteiger partial charge in [-0.1, -0.05) is 30.0 Å². The molecule has 1 heterocycles. The van der Waals surface area contributed by atoms with Crippen molar-refractivity contribution in [1.82, 2.24) is 5.32 Å². The normalized spacial score (nSPS) is 14.4. The molecule has 0 spiro atoms. The SMILES string of the molecule is O=C1N/C(=C\C#Cc2ccc(F)cc2)c2ccccc21. The Balaban J connectivity index is 1.89. The lowest BCUT2D eigenvalue weighted by atomic mass is 10.1. The zero-order chi connectivity index (χ0) is 13.9. The molecule has 0 saturated heterocycles. The number of allylic oxidation sites excluding steroid dienone is 1. The van der Waals surface area contributed by atoms with Crippen molar-refractivity contribution in [3.63, 3.8) is 0 Å². The molecule has 0 aliphatic carbocycles. The van der Waals surface area contributed by atoms with Gasteiger partial charge in [-0.15, -0.1) is 0 Å². The van der Waals surface area contributed by atoms with E-state index in [9.17, 15) is 9.18 Å². The monoisotopic (exact) mass is 263 g/mol. The molecule has 1 aliphatic rings. The highest BCUT2D eigenvalue weighted by atomic mass is 19.1. The molecule has 0 unspecified atom stereocenters. The molecule has 96 valence electrons. The second-order valence-electron chi connectivity index (χ2n) is 4.33. The van der Waals surface area contributed by atoms with Crippen LogP contribution in [0.15, 0.2) is 54.6 Å². The number of hydrogen-bond donors (Lipinski definition) is 1. The van der Waals surface area contributed by atoms with E-state index in [1.165, 1.54) is 12.1 Å². The molecule has 2 aromatic rings. The van der Waals surface area contributed by atoms with Crippen LogP contribution in [0.3, 0.4) is 0 Å². The Morgan fingerprint density at radius 3 is 2.45 bits per heavy atom. The van der Waals surface area contributed by atoms with Crippen molar-refractivity contribution < 1.29 is 9.18 Å². The average Bonchev–Trinajstić information content (AvgIpc) is 2.79. The molecule has 1 amide bonds. The highest BCUT2D eigenvalue weighted by molar-refractivity contribution is 6.09. The fraction of sp³-hybridized carbons (Fsp3) is 0. The van der Waals surface area contributed by atoms with Crippen LogP contribution in [-0.4, -0.2) is 5.91 Å². The minimum absolute atomic E-state index is 0.115. The van der Waals surface area contributed by atoms with Gasteiger partial charge in [0.05, 0.1) is 5.70 Å². The number of carbonyl (C=O) groups is 1. The third kappa shape index (κ3) is 2.32. The van der Waals surface area contributed by atoms with Gasteiger partial charge in [0.2, 0.25) is 0 Å². The van der Waals surface area contributed by atoms with Gasteiger partial charge in [-0.2, -0.15) is 0 Å². The van der Waals surface area contributed by atoms with Crippen LogP contribution in [0.5, 0.6) is 0 Å². The van der Waals surface area contributed by atoms with E-state index in [0.29, 0.717) is 11.3 Å². The van der Waals surface area contributed by atoms with Crippen LogP contribution in [0.4, 0.5) is 4.39 Å². The van der Waals surface area contributed by atoms with Gasteiger partial charge in [-0.05, 0) is 30.3 Å². The van der Waals surface area contributed by atoms with E-state index in [2.05, 4.69) is 17.2 Å². The first-order valence-corrected chi connectivity index (χ1v) is 6.12. The van der Waals surface area contributed by atoms with Crippen LogP contribution in [0.2, 0.25) is 0 Å². The van der Waals surface area contributed by atoms with Gasteiger partial charge in [0.15, 0.2) is 0 Å². The number of carbonyl (C=O) groups excluding carboxylic acids is 1. The van der Waals surface area contributed by atoms with Crippen LogP contribution >= 0.6 is 0 Å². The summed E-state index contributed by atoms with van der Waals surface area (Å²) in [5.74, 6) is 5.37. The Morgan fingerprint density at radius 1 is 1.00 bits per heavy atom. The topological polar surface area (TPSA) is 29.1 Å². The van der Waals surface area contributed by atoms with Crippen molar-refractivity contribution in [1.29, 1.82) is 0 Å². The van der Waals surface area contributed by atoms with Gasteiger partial charge >= 0.3 is 0 Å². The van der Waals surface area contributed by atoms with Crippen molar-refractivity contribution in [2.45, 2.75) is 0 Å². The first kappa shape index (κ1) is 12.2. The van der Waals surface area contributed by atoms with E-state index in [1.807, 2.05) is 18.2 Å². The molecule has 2 nitrogen and oxygen atoms in total. The van der Waals surface area contributed by atoms with Gasteiger partial charge in [-0.25, -0.2) is 4.39 Å². The molecule has 0 saturated carbocycles. The van der Waals surface area contributed by atoms with Gasteiger partial charge in [0.25, 0.3) is 5.91 Å². The number of nitrogens with one attached hydrogen (secondary N) is 1. The summed E-state index contributed by atoms with van der Waals surface area (Å²) in [5, 5.41) is 2.77. The number of benzene rings is 2. The van der Waals surface area contributed by atoms with Crippen molar-refractivity contribution in [2.75, 3.05) is 0 Å². The molecule has 0 atom stereocenters. The largest absolute Gasteiger partial charge is 0.321 e. The van der Waals surface area contributed by atoms with Crippen molar-refractivity contribution in [3.8, 4) is 11.8 Å². The molecular weight excluding hydrogens is 253 g/mol. The summed E-state index contributed by atoms with van der Waals surface area (Å²) in [6, 6.07) is 13.3. The average molecular weight is 263 g/mol. The number of amides is 1. The summed E-state index contributed by atoms with van der Waals surface area (Å²) in [4.78, 5) is 11.7. The van der Waals surface area contributed by atoms with E-state index in [1.54, 1.807) is 24.3 Å². The van der Waals surface area contributed by atoms with Gasteiger partial charge in [0.1, 0.15) is 5.82 Å². The Labute approximate surface area is 115 Å². The smallest absolute Gasteiger partial charge is 0.256 e. The van der Waals surface area contributed by atoms with E-state index in [0.717, 1.165) is 11.1 Å². The summed E-state index contributed by atoms with van der Waals surface area (Å²) in [6.07, 6.45) is 1.66. The fourth-order valence-corrected chi connectivity index (χ4v) is 2.01. The number of rotatable bonds is 0. The van der Waals surface area contributed by atoms with Crippen molar-refractivity contribution >= 4 is 11.6 Å². The summed E-state index contributed by atoms with van der Waals surface area (Å²) in [7, 11) is 0. The Hall–Kier alpha value is -2.86. The van der Waals surface area contributed by atoms with E-state index < -0.39 is 0 Å². The maximum Gasteiger partial charge on any atom is 0.256 e. The van der Waals surface area contributed by atoms with Gasteiger partial charge in [0, 0.05) is 22.8 Å². The zero-order valence-corrected chi connectivity index (χ0v) is 10.5. The zero-order valence-electron chi connectivity index (χ0n) is 10.5. The highest BCUT2D eigenvalue weighted by Crippen LogP contribution is 2.23. The van der Waals surface area contributed by atoms with Crippen molar-refractivity contribution in [2.24, 2.45) is 0 Å². The molecule has 0 aromatic heterocycles. The molecule has 3 heteroatoms. The van der Waals surface area contributed by atoms with Crippen LogP contribution in [0, 0.1) is 17.7 Å². The van der Waals surface area contributed by atoms with Crippen LogP contribution in [0.25, 0.3) is 5.70 Å². The quantitative estimate of drug-likeness (QED) is 0.727. The molecule has 2 aromatic carbocycles. The van der Waals surface area contributed by atoms with E-state index in [4.69, 9.17) is 0 Å². The maximum absolute atomic E-state index is 12.8. The summed E-state index contributed by atoms with van der Waals surface area (Å²) >= 11 is 0. The minimum Gasteiger partial charge on any atom is -0.321 e. The number of fused-ring (bicyclic) bond motifs is 1. The Bertz CT molecular complexity index is 764. The summed E-state index contributed by atoms with van der Waals surface area (Å²) in [6.45, 7) is 0. The molecule has 0 radical (unpaired) electrons. The minimum atomic E-state index is -0.286. The molecule has 1 N–H and O–H groups in total. The first-order chi connectivity index (χ1) is 9.74. The standard InChI is InChI=1S/C17H10FNO/c18-13-10-8-12(9-11-13)4-3-7-16-14-5-1-2-6-15(14)17(20)19-16/h1-2,5-11H,(H,19,20)/b16-7-. The predicted octanol–water partition coefficient (Wildman–Crippen LogP) is 2.96. The first-order valence-electron chi connectivity index (χ1n) is 6.12. The van der Waals surface area contributed by atoms with Gasteiger partial charge < -0.3 is 5.32 Å². The Kier molecular flexibility index (Phi) is 3.06. The fourth-order valence-electron chi connectivity index (χ4n) is 2.01. The molecule has 1 aliphatic heterocycles. The van der Waals surface area contributed by atoms with Crippen LogP contribution < -0.4 is 5.32 Å². The maximum atomic E-state index is 12.8. The second kappa shape index (κ2) is 5.02. The highest BCUT2D eigenvalue weighted by Gasteiger charge is 2.21. The Morgan fingerprint density at radius 2 is 1.70 bits per heavy atom. The van der Waals surface area contributed by atoms with E-state index in [-0.39, 0.29) is 11.7 Å². The molecule has 3 rings (SSSR count). The molecular formula is C17H10FNO. The van der Waals surface area contributed by atoms with E-state index >= 15 is 0 Å². The lowest BCUT2D eigenvalue weighted by Gasteiger charge is -1.95. The third-order valence-corrected chi connectivity index (χ3v) is 2.99. The number of hydrogen-bond acceptors (Lipinski definition) is 1. The lowest BCUT2D eigenvalue weighted by molar-refractivity contribution is 0.0981. The number of halogens is 1. The van der Waals surface area contributed by atoms with Crippen LogP contribution in [-0.2, 0) is 0 Å². The predicted molar refractivity (Wildman–Crippen MR) is 75.2 cm³/mol. The second-order valence-corrected chi connectivity index (χ2v) is 4.33. The third-order valence-electron chi connectivity index (χ3n) is 2.99. The van der Waals surface area contributed by atoms with Gasteiger partial charge in [-0.3, -0.25) is 4.79 Å². The van der Waals surface area contributed by atoms with Crippen molar-refractivity contribution in [3.05, 3.63) is 77.1 Å². The molecule has 0 fully saturated rings. The summed E-state index contributed by atoms with van der Waals surface area (Å²) < 4.78 is 12.8. The molecule has 20 heavy (non-hydrogen) atoms. The molecule has 0 bridgehead atoms. The summed E-state index contributed by atoms with van der Waals surface area (Å²) in [5.41, 5.74) is 2.93. The lowest BCUT2D eigenvalue weighted by Crippen LogP contribution is -2.11.